The van der Waals surface area contributed by atoms with Gasteiger partial charge in [0.25, 0.3) is 5.91 Å². The average Bonchev–Trinajstić information content (AvgIpc) is 3.52. The highest BCUT2D eigenvalue weighted by atomic mass is 16.6. The largest absolute Gasteiger partial charge is 0.436 e. The van der Waals surface area contributed by atoms with Gasteiger partial charge in [0, 0.05) is 56.3 Å². The van der Waals surface area contributed by atoms with Crippen molar-refractivity contribution in [3.8, 4) is 0 Å². The monoisotopic (exact) mass is 655 g/mol. The van der Waals surface area contributed by atoms with Crippen molar-refractivity contribution in [2.45, 2.75) is 70.4 Å². The van der Waals surface area contributed by atoms with E-state index in [2.05, 4.69) is 39.6 Å². The van der Waals surface area contributed by atoms with Crippen LogP contribution in [0.5, 0.6) is 0 Å². The molecule has 256 valence electrons. The Hall–Kier alpha value is -4.12. The van der Waals surface area contributed by atoms with Crippen molar-refractivity contribution in [3.05, 3.63) is 59.3 Å². The molecular formula is C37H49N7O4. The lowest BCUT2D eigenvalue weighted by atomic mass is 9.79. The number of aryl methyl sites for hydroxylation is 1. The van der Waals surface area contributed by atoms with Crippen LogP contribution in [0.3, 0.4) is 0 Å². The molecule has 2 N–H and O–H groups in total. The number of para-hydroxylation sites is 1. The van der Waals surface area contributed by atoms with Crippen LogP contribution in [0.25, 0.3) is 10.9 Å². The fourth-order valence-corrected chi connectivity index (χ4v) is 8.41. The second-order valence-electron chi connectivity index (χ2n) is 14.4. The Labute approximate surface area is 282 Å². The Morgan fingerprint density at radius 3 is 2.35 bits per heavy atom. The summed E-state index contributed by atoms with van der Waals surface area (Å²) in [6.07, 6.45) is 7.33. The van der Waals surface area contributed by atoms with Crippen molar-refractivity contribution in [3.63, 3.8) is 0 Å². The Morgan fingerprint density at radius 1 is 0.917 bits per heavy atom. The molecule has 4 aliphatic rings. The second kappa shape index (κ2) is 14.2. The normalized spacial score (nSPS) is 21.1. The number of hydrogen-bond donors (Lipinski definition) is 2. The molecule has 4 amide bonds. The van der Waals surface area contributed by atoms with Crippen molar-refractivity contribution in [2.75, 3.05) is 58.2 Å². The van der Waals surface area contributed by atoms with E-state index in [1.807, 2.05) is 41.0 Å². The maximum absolute atomic E-state index is 14.1. The summed E-state index contributed by atoms with van der Waals surface area (Å²) >= 11 is 0. The van der Waals surface area contributed by atoms with Crippen molar-refractivity contribution >= 4 is 34.6 Å². The van der Waals surface area contributed by atoms with E-state index in [0.717, 1.165) is 71.6 Å². The number of H-pyrrole nitrogens is 1. The van der Waals surface area contributed by atoms with Crippen molar-refractivity contribution < 1.29 is 19.1 Å². The van der Waals surface area contributed by atoms with Gasteiger partial charge in [-0.2, -0.15) is 5.10 Å². The smallest absolute Gasteiger partial charge is 0.410 e. The first kappa shape index (κ1) is 32.4. The van der Waals surface area contributed by atoms with Gasteiger partial charge in [-0.25, -0.2) is 9.59 Å². The lowest BCUT2D eigenvalue weighted by Gasteiger charge is -2.40. The number of nitrogens with one attached hydrogen (secondary N) is 2. The molecule has 7 rings (SSSR count). The quantitative estimate of drug-likeness (QED) is 0.384. The molecule has 5 heterocycles. The minimum Gasteiger partial charge on any atom is -0.436 e. The number of benzene rings is 2. The number of ether oxygens (including phenoxy) is 1. The van der Waals surface area contributed by atoms with Gasteiger partial charge < -0.3 is 29.7 Å². The topological polar surface area (TPSA) is 114 Å². The first-order valence-corrected chi connectivity index (χ1v) is 17.8. The number of aromatic amines is 1. The molecule has 3 fully saturated rings. The Morgan fingerprint density at radius 2 is 1.60 bits per heavy atom. The highest BCUT2D eigenvalue weighted by Crippen LogP contribution is 2.33. The zero-order chi connectivity index (χ0) is 33.2. The molecule has 3 aromatic rings. The number of hydrogen-bond acceptors (Lipinski definition) is 6. The molecule has 0 bridgehead atoms. The molecule has 0 saturated carbocycles. The van der Waals surface area contributed by atoms with Crippen LogP contribution in [-0.4, -0.2) is 113 Å². The van der Waals surface area contributed by atoms with E-state index in [9.17, 15) is 14.4 Å². The lowest BCUT2D eigenvalue weighted by molar-refractivity contribution is -0.142. The first-order chi connectivity index (χ1) is 23.3. The van der Waals surface area contributed by atoms with Gasteiger partial charge in [-0.05, 0) is 113 Å². The summed E-state index contributed by atoms with van der Waals surface area (Å²) in [7, 11) is 2.19. The maximum atomic E-state index is 14.1. The number of amides is 4. The lowest BCUT2D eigenvalue weighted by Crippen LogP contribution is -2.52. The van der Waals surface area contributed by atoms with Crippen LogP contribution in [0, 0.1) is 18.8 Å². The fraction of sp³-hybridized carbons (Fsp3) is 0.568. The van der Waals surface area contributed by atoms with Crippen LogP contribution in [0.4, 0.5) is 15.3 Å². The minimum atomic E-state index is -0.909. The SMILES string of the molecule is Cc1cc(C[C@@H](OC(=O)N2CCC(N3CCc4ccccc4NC3=O)CC2)C(=O)N2CCC(C3CCN(C)CC3)CC2)cc2cn[nH]c12. The first-order valence-electron chi connectivity index (χ1n) is 17.8. The van der Waals surface area contributed by atoms with E-state index in [4.69, 9.17) is 4.74 Å². The maximum Gasteiger partial charge on any atom is 0.410 e. The van der Waals surface area contributed by atoms with E-state index in [1.165, 1.54) is 12.8 Å². The summed E-state index contributed by atoms with van der Waals surface area (Å²) in [5.41, 5.74) is 4.97. The van der Waals surface area contributed by atoms with Gasteiger partial charge in [-0.3, -0.25) is 9.89 Å². The van der Waals surface area contributed by atoms with E-state index < -0.39 is 12.2 Å². The van der Waals surface area contributed by atoms with Crippen LogP contribution in [-0.2, 0) is 22.4 Å². The number of piperidine rings is 3. The Bertz CT molecular complexity index is 1620. The molecule has 1 atom stereocenters. The van der Waals surface area contributed by atoms with E-state index in [1.54, 1.807) is 11.1 Å². The number of carbonyl (C=O) groups is 3. The third-order valence-corrected chi connectivity index (χ3v) is 11.3. The molecule has 4 aliphatic heterocycles. The molecule has 11 heteroatoms. The van der Waals surface area contributed by atoms with Gasteiger partial charge in [0.05, 0.1) is 11.7 Å². The van der Waals surface area contributed by atoms with Crippen LogP contribution >= 0.6 is 0 Å². The number of rotatable bonds is 6. The Kier molecular flexibility index (Phi) is 9.57. The van der Waals surface area contributed by atoms with E-state index in [0.29, 0.717) is 57.9 Å². The summed E-state index contributed by atoms with van der Waals surface area (Å²) in [6, 6.07) is 12.0. The van der Waals surface area contributed by atoms with Gasteiger partial charge in [-0.1, -0.05) is 24.3 Å². The highest BCUT2D eigenvalue weighted by molar-refractivity contribution is 5.91. The molecule has 3 saturated heterocycles. The average molecular weight is 656 g/mol. The van der Waals surface area contributed by atoms with Crippen molar-refractivity contribution in [1.82, 2.24) is 29.8 Å². The molecule has 1 aromatic heterocycles. The minimum absolute atomic E-state index is 0.0383. The number of likely N-dealkylation sites (tertiary alicyclic amines) is 3. The summed E-state index contributed by atoms with van der Waals surface area (Å²) in [6.45, 7) is 7.33. The van der Waals surface area contributed by atoms with Crippen LogP contribution in [0.1, 0.15) is 55.2 Å². The molecule has 0 unspecified atom stereocenters. The molecule has 11 nitrogen and oxygen atoms in total. The zero-order valence-corrected chi connectivity index (χ0v) is 28.3. The molecule has 2 aromatic carbocycles. The molecule has 0 radical (unpaired) electrons. The predicted molar refractivity (Wildman–Crippen MR) is 185 cm³/mol. The fourth-order valence-electron chi connectivity index (χ4n) is 8.41. The summed E-state index contributed by atoms with van der Waals surface area (Å²) in [5.74, 6) is 1.28. The van der Waals surface area contributed by atoms with Gasteiger partial charge in [0.1, 0.15) is 0 Å². The third-order valence-electron chi connectivity index (χ3n) is 11.3. The van der Waals surface area contributed by atoms with Crippen LogP contribution in [0.15, 0.2) is 42.6 Å². The number of nitrogens with zero attached hydrogens (tertiary/aromatic N) is 5. The van der Waals surface area contributed by atoms with Crippen molar-refractivity contribution in [2.24, 2.45) is 11.8 Å². The van der Waals surface area contributed by atoms with Gasteiger partial charge in [0.2, 0.25) is 0 Å². The number of anilines is 1. The molecular weight excluding hydrogens is 606 g/mol. The third kappa shape index (κ3) is 7.02. The van der Waals surface area contributed by atoms with Crippen LogP contribution in [0.2, 0.25) is 0 Å². The molecule has 48 heavy (non-hydrogen) atoms. The number of fused-ring (bicyclic) bond motifs is 2. The highest BCUT2D eigenvalue weighted by Gasteiger charge is 2.37. The number of urea groups is 1. The van der Waals surface area contributed by atoms with Gasteiger partial charge in [-0.15, -0.1) is 0 Å². The second-order valence-corrected chi connectivity index (χ2v) is 14.4. The molecule has 0 aliphatic carbocycles. The summed E-state index contributed by atoms with van der Waals surface area (Å²) in [5, 5.41) is 11.3. The summed E-state index contributed by atoms with van der Waals surface area (Å²) in [4.78, 5) is 48.9. The standard InChI is InChI=1S/C37H49N7O4/c1-25-21-26(22-30-24-38-40-34(25)30)23-33(35(45)42-16-9-28(10-17-42)27-7-14-41(2)15-8-27)48-37(47)43-18-12-31(13-19-43)44-20-11-29-5-3-4-6-32(29)39-36(44)46/h3-6,21-22,24,27-28,31,33H,7-20,23H2,1-2H3,(H,38,40)(H,39,46)/t33-/m1/s1. The summed E-state index contributed by atoms with van der Waals surface area (Å²) < 4.78 is 6.14. The molecule has 0 spiro atoms. The number of carbonyl (C=O) groups excluding carboxylic acids is 3. The predicted octanol–water partition coefficient (Wildman–Crippen LogP) is 5.05. The Balaban J connectivity index is 0.996. The van der Waals surface area contributed by atoms with Gasteiger partial charge >= 0.3 is 12.1 Å². The zero-order valence-electron chi connectivity index (χ0n) is 28.3. The van der Waals surface area contributed by atoms with E-state index in [-0.39, 0.29) is 18.0 Å². The van der Waals surface area contributed by atoms with Crippen LogP contribution < -0.4 is 5.32 Å². The van der Waals surface area contributed by atoms with Gasteiger partial charge in [0.15, 0.2) is 6.10 Å². The van der Waals surface area contributed by atoms with E-state index >= 15 is 0 Å². The number of aromatic nitrogens is 2. The van der Waals surface area contributed by atoms with Crippen molar-refractivity contribution in [1.29, 1.82) is 0 Å².